The van der Waals surface area contributed by atoms with E-state index in [4.69, 9.17) is 4.74 Å². The third kappa shape index (κ3) is 4.99. The molecule has 6 nitrogen and oxygen atoms in total. The minimum Gasteiger partial charge on any atom is -0.380 e. The average molecular weight is 397 g/mol. The maximum absolute atomic E-state index is 12.3. The summed E-state index contributed by atoms with van der Waals surface area (Å²) in [7, 11) is 3.58. The lowest BCUT2D eigenvalue weighted by Crippen LogP contribution is -2.25. The van der Waals surface area contributed by atoms with Crippen molar-refractivity contribution in [3.8, 4) is 11.4 Å². The smallest absolute Gasteiger partial charge is 0.230 e. The molecule has 1 amide bonds. The Morgan fingerprint density at radius 2 is 1.93 bits per heavy atom. The number of nitrogens with zero attached hydrogens (tertiary/aromatic N) is 3. The average Bonchev–Trinajstić information content (AvgIpc) is 3.06. The van der Waals surface area contributed by atoms with Gasteiger partial charge in [0, 0.05) is 26.3 Å². The van der Waals surface area contributed by atoms with Gasteiger partial charge in [0.05, 0.1) is 12.4 Å². The van der Waals surface area contributed by atoms with Crippen LogP contribution in [0.2, 0.25) is 0 Å². The number of aryl methyl sites for hydroxylation is 1. The Labute approximate surface area is 169 Å². The van der Waals surface area contributed by atoms with Crippen LogP contribution >= 0.6 is 11.8 Å². The number of benzene rings is 2. The molecule has 7 heteroatoms. The highest BCUT2D eigenvalue weighted by Gasteiger charge is 2.13. The molecule has 0 aliphatic heterocycles. The standard InChI is InChI=1S/C21H24N4O2S/c1-15-7-6-10-16(11-15)20-23-24-21(25(20)2)28-14-19(26)22-12-17-8-4-5-9-18(17)13-27-3/h4-11H,12-14H2,1-3H3,(H,22,26). The first-order valence-corrected chi connectivity index (χ1v) is 9.98. The quantitative estimate of drug-likeness (QED) is 0.592. The van der Waals surface area contributed by atoms with Crippen molar-refractivity contribution in [2.75, 3.05) is 12.9 Å². The number of methoxy groups -OCH3 is 1. The van der Waals surface area contributed by atoms with Crippen LogP contribution in [0, 0.1) is 6.92 Å². The summed E-state index contributed by atoms with van der Waals surface area (Å²) in [5.74, 6) is 1.03. The Hall–Kier alpha value is -2.64. The van der Waals surface area contributed by atoms with Crippen LogP contribution in [0.3, 0.4) is 0 Å². The molecule has 0 aliphatic rings. The van der Waals surface area contributed by atoms with Crippen LogP contribution < -0.4 is 5.32 Å². The number of thioether (sulfide) groups is 1. The highest BCUT2D eigenvalue weighted by atomic mass is 32.2. The van der Waals surface area contributed by atoms with Crippen LogP contribution in [0.25, 0.3) is 11.4 Å². The SMILES string of the molecule is COCc1ccccc1CNC(=O)CSc1nnc(-c2cccc(C)c2)n1C. The molecule has 0 aliphatic carbocycles. The van der Waals surface area contributed by atoms with Gasteiger partial charge in [-0.15, -0.1) is 10.2 Å². The molecule has 0 spiro atoms. The van der Waals surface area contributed by atoms with Gasteiger partial charge < -0.3 is 14.6 Å². The van der Waals surface area contributed by atoms with Crippen LogP contribution in [0.4, 0.5) is 0 Å². The Balaban J connectivity index is 1.57. The van der Waals surface area contributed by atoms with Crippen LogP contribution in [0.1, 0.15) is 16.7 Å². The van der Waals surface area contributed by atoms with E-state index in [1.54, 1.807) is 7.11 Å². The fourth-order valence-electron chi connectivity index (χ4n) is 2.88. The highest BCUT2D eigenvalue weighted by Crippen LogP contribution is 2.23. The molecule has 28 heavy (non-hydrogen) atoms. The van der Waals surface area contributed by atoms with Crippen molar-refractivity contribution in [3.63, 3.8) is 0 Å². The van der Waals surface area contributed by atoms with Gasteiger partial charge in [0.1, 0.15) is 0 Å². The lowest BCUT2D eigenvalue weighted by atomic mass is 10.1. The van der Waals surface area contributed by atoms with Crippen molar-refractivity contribution >= 4 is 17.7 Å². The lowest BCUT2D eigenvalue weighted by Gasteiger charge is -2.10. The van der Waals surface area contributed by atoms with Crippen molar-refractivity contribution in [2.45, 2.75) is 25.2 Å². The molecule has 1 heterocycles. The molecule has 1 aromatic heterocycles. The molecule has 0 atom stereocenters. The predicted octanol–water partition coefficient (Wildman–Crippen LogP) is 3.35. The van der Waals surface area contributed by atoms with Gasteiger partial charge in [-0.2, -0.15) is 0 Å². The maximum atomic E-state index is 12.3. The van der Waals surface area contributed by atoms with Crippen molar-refractivity contribution in [1.29, 1.82) is 0 Å². The van der Waals surface area contributed by atoms with E-state index in [9.17, 15) is 4.79 Å². The molecule has 0 fully saturated rings. The topological polar surface area (TPSA) is 69.0 Å². The number of hydrogen-bond donors (Lipinski definition) is 1. The monoisotopic (exact) mass is 396 g/mol. The number of aromatic nitrogens is 3. The van der Waals surface area contributed by atoms with Crippen molar-refractivity contribution in [3.05, 3.63) is 65.2 Å². The molecular formula is C21H24N4O2S. The molecule has 3 rings (SSSR count). The summed E-state index contributed by atoms with van der Waals surface area (Å²) in [5.41, 5.74) is 4.32. The molecule has 3 aromatic rings. The Morgan fingerprint density at radius 1 is 1.14 bits per heavy atom. The summed E-state index contributed by atoms with van der Waals surface area (Å²) in [6.07, 6.45) is 0. The van der Waals surface area contributed by atoms with E-state index in [1.807, 2.05) is 61.0 Å². The summed E-state index contributed by atoms with van der Waals surface area (Å²) in [5, 5.41) is 12.2. The Bertz CT molecular complexity index is 955. The van der Waals surface area contributed by atoms with E-state index in [0.717, 1.165) is 22.5 Å². The van der Waals surface area contributed by atoms with Gasteiger partial charge >= 0.3 is 0 Å². The first-order chi connectivity index (χ1) is 13.6. The van der Waals surface area contributed by atoms with Crippen LogP contribution in [0.15, 0.2) is 53.7 Å². The van der Waals surface area contributed by atoms with E-state index < -0.39 is 0 Å². The molecule has 0 unspecified atom stereocenters. The number of carbonyl (C=O) groups excluding carboxylic acids is 1. The fourth-order valence-corrected chi connectivity index (χ4v) is 3.62. The van der Waals surface area contributed by atoms with E-state index in [0.29, 0.717) is 18.3 Å². The predicted molar refractivity (Wildman–Crippen MR) is 111 cm³/mol. The summed E-state index contributed by atoms with van der Waals surface area (Å²) in [4.78, 5) is 12.3. The van der Waals surface area contributed by atoms with E-state index in [2.05, 4.69) is 21.6 Å². The zero-order valence-corrected chi connectivity index (χ0v) is 17.1. The number of ether oxygens (including phenoxy) is 1. The van der Waals surface area contributed by atoms with Gasteiger partial charge in [0.2, 0.25) is 5.91 Å². The van der Waals surface area contributed by atoms with Gasteiger partial charge in [-0.25, -0.2) is 0 Å². The number of amides is 1. The van der Waals surface area contributed by atoms with E-state index in [-0.39, 0.29) is 11.7 Å². The summed E-state index contributed by atoms with van der Waals surface area (Å²) >= 11 is 1.38. The first-order valence-electron chi connectivity index (χ1n) is 9.00. The third-order valence-electron chi connectivity index (χ3n) is 4.34. The van der Waals surface area contributed by atoms with Gasteiger partial charge in [0.25, 0.3) is 0 Å². The molecule has 1 N–H and O–H groups in total. The number of rotatable bonds is 8. The van der Waals surface area contributed by atoms with Crippen LogP contribution in [-0.2, 0) is 29.7 Å². The molecule has 0 saturated carbocycles. The van der Waals surface area contributed by atoms with Crippen LogP contribution in [0.5, 0.6) is 0 Å². The molecule has 0 radical (unpaired) electrons. The van der Waals surface area contributed by atoms with E-state index >= 15 is 0 Å². The second-order valence-electron chi connectivity index (χ2n) is 6.50. The molecule has 0 bridgehead atoms. The van der Waals surface area contributed by atoms with Gasteiger partial charge in [0.15, 0.2) is 11.0 Å². The highest BCUT2D eigenvalue weighted by molar-refractivity contribution is 7.99. The Morgan fingerprint density at radius 3 is 2.68 bits per heavy atom. The van der Waals surface area contributed by atoms with Gasteiger partial charge in [-0.3, -0.25) is 4.79 Å². The largest absolute Gasteiger partial charge is 0.380 e. The van der Waals surface area contributed by atoms with Crippen molar-refractivity contribution in [1.82, 2.24) is 20.1 Å². The van der Waals surface area contributed by atoms with Gasteiger partial charge in [-0.1, -0.05) is 59.8 Å². The molecule has 146 valence electrons. The molecule has 0 saturated heterocycles. The second kappa shape index (κ2) is 9.52. The molecular weight excluding hydrogens is 372 g/mol. The molecule has 2 aromatic carbocycles. The minimum atomic E-state index is -0.0441. The zero-order chi connectivity index (χ0) is 19.9. The third-order valence-corrected chi connectivity index (χ3v) is 5.36. The minimum absolute atomic E-state index is 0.0441. The number of carbonyl (C=O) groups is 1. The summed E-state index contributed by atoms with van der Waals surface area (Å²) in [6.45, 7) is 3.05. The Kier molecular flexibility index (Phi) is 6.84. The van der Waals surface area contributed by atoms with E-state index in [1.165, 1.54) is 17.3 Å². The fraction of sp³-hybridized carbons (Fsp3) is 0.286. The van der Waals surface area contributed by atoms with Crippen molar-refractivity contribution in [2.24, 2.45) is 7.05 Å². The number of nitrogens with one attached hydrogen (secondary N) is 1. The maximum Gasteiger partial charge on any atom is 0.230 e. The van der Waals surface area contributed by atoms with Crippen molar-refractivity contribution < 1.29 is 9.53 Å². The second-order valence-corrected chi connectivity index (χ2v) is 7.44. The first kappa shape index (κ1) is 20.1. The summed E-state index contributed by atoms with van der Waals surface area (Å²) in [6, 6.07) is 16.1. The number of hydrogen-bond acceptors (Lipinski definition) is 5. The van der Waals surface area contributed by atoms with Crippen LogP contribution in [-0.4, -0.2) is 33.5 Å². The lowest BCUT2D eigenvalue weighted by molar-refractivity contribution is -0.118. The summed E-state index contributed by atoms with van der Waals surface area (Å²) < 4.78 is 7.12. The zero-order valence-electron chi connectivity index (χ0n) is 16.3. The normalized spacial score (nSPS) is 10.8. The van der Waals surface area contributed by atoms with Gasteiger partial charge in [-0.05, 0) is 24.1 Å².